The highest BCUT2D eigenvalue weighted by Gasteiger charge is 2.16. The van der Waals surface area contributed by atoms with Crippen molar-refractivity contribution < 1.29 is 14.0 Å². The number of rotatable bonds is 9. The molecule has 0 aliphatic rings. The minimum Gasteiger partial charge on any atom is -0.467 e. The summed E-state index contributed by atoms with van der Waals surface area (Å²) in [5.41, 5.74) is 6.04. The molecule has 2 amide bonds. The number of thioether (sulfide) groups is 1. The molecule has 0 atom stereocenters. The number of nitrogens with two attached hydrogens (primary N) is 1. The van der Waals surface area contributed by atoms with E-state index in [4.69, 9.17) is 10.2 Å². The maximum atomic E-state index is 12.6. The number of nitrogens with zero attached hydrogens (tertiary/aromatic N) is 3. The van der Waals surface area contributed by atoms with Gasteiger partial charge in [-0.3, -0.25) is 14.2 Å². The molecular weight excluding hydrogens is 414 g/mol. The van der Waals surface area contributed by atoms with E-state index in [2.05, 4.69) is 15.5 Å². The molecule has 0 radical (unpaired) electrons. The van der Waals surface area contributed by atoms with Crippen LogP contribution >= 0.6 is 11.8 Å². The van der Waals surface area contributed by atoms with Gasteiger partial charge in [-0.1, -0.05) is 48.2 Å². The Morgan fingerprint density at radius 1 is 1.06 bits per heavy atom. The molecule has 9 heteroatoms. The van der Waals surface area contributed by atoms with Crippen LogP contribution in [0.3, 0.4) is 0 Å². The van der Waals surface area contributed by atoms with Gasteiger partial charge in [0.15, 0.2) is 5.16 Å². The summed E-state index contributed by atoms with van der Waals surface area (Å²) in [6.45, 7) is 0.404. The van der Waals surface area contributed by atoms with Crippen molar-refractivity contribution in [1.29, 1.82) is 0 Å². The average molecular weight is 436 g/mol. The number of aromatic nitrogens is 3. The minimum absolute atomic E-state index is 0.146. The van der Waals surface area contributed by atoms with E-state index in [1.54, 1.807) is 12.3 Å². The second-order valence-corrected chi connectivity index (χ2v) is 7.84. The Balaban J connectivity index is 1.46. The van der Waals surface area contributed by atoms with Crippen molar-refractivity contribution >= 4 is 40.0 Å². The van der Waals surface area contributed by atoms with Gasteiger partial charge in [0.1, 0.15) is 11.6 Å². The van der Waals surface area contributed by atoms with Gasteiger partial charge in [-0.15, -0.1) is 10.2 Å². The third kappa shape index (κ3) is 5.13. The number of carbonyl (C=O) groups is 2. The smallest absolute Gasteiger partial charge is 0.234 e. The number of carbonyl (C=O) groups excluding carboxylic acids is 2. The minimum atomic E-state index is -0.406. The van der Waals surface area contributed by atoms with Crippen molar-refractivity contribution in [2.24, 2.45) is 5.73 Å². The van der Waals surface area contributed by atoms with Gasteiger partial charge in [-0.05, 0) is 23.6 Å². The number of benzene rings is 2. The van der Waals surface area contributed by atoms with Crippen LogP contribution in [0, 0.1) is 0 Å². The Hall–Kier alpha value is -3.59. The molecule has 0 fully saturated rings. The molecule has 31 heavy (non-hydrogen) atoms. The van der Waals surface area contributed by atoms with Gasteiger partial charge >= 0.3 is 0 Å². The summed E-state index contributed by atoms with van der Waals surface area (Å²) in [7, 11) is 0. The first kappa shape index (κ1) is 20.7. The van der Waals surface area contributed by atoms with E-state index >= 15 is 0 Å². The van der Waals surface area contributed by atoms with E-state index in [-0.39, 0.29) is 18.1 Å². The lowest BCUT2D eigenvalue weighted by Crippen LogP contribution is -2.16. The van der Waals surface area contributed by atoms with Crippen LogP contribution in [0.4, 0.5) is 5.69 Å². The van der Waals surface area contributed by atoms with Gasteiger partial charge in [0.05, 0.1) is 18.6 Å². The van der Waals surface area contributed by atoms with Crippen molar-refractivity contribution in [3.05, 3.63) is 72.4 Å². The standard InChI is InChI=1S/C22H21N5O3S/c23-19(28)10-11-20-25-26-22(27(20)13-16-7-4-12-30-16)31-14-21(29)24-18-9-3-6-15-5-1-2-8-17(15)18/h1-9,12H,10-11,13-14H2,(H2,23,28)(H,24,29). The molecule has 0 bridgehead atoms. The van der Waals surface area contributed by atoms with Crippen LogP contribution in [-0.4, -0.2) is 32.3 Å². The highest BCUT2D eigenvalue weighted by atomic mass is 32.2. The van der Waals surface area contributed by atoms with Crippen molar-refractivity contribution in [3.63, 3.8) is 0 Å². The van der Waals surface area contributed by atoms with Crippen LogP contribution < -0.4 is 11.1 Å². The van der Waals surface area contributed by atoms with Crippen LogP contribution in [-0.2, 0) is 22.6 Å². The van der Waals surface area contributed by atoms with Crippen molar-refractivity contribution in [3.8, 4) is 0 Å². The number of fused-ring (bicyclic) bond motifs is 1. The Labute approximate surface area is 182 Å². The largest absolute Gasteiger partial charge is 0.467 e. The number of amides is 2. The Kier molecular flexibility index (Phi) is 6.32. The quantitative estimate of drug-likeness (QED) is 0.390. The van der Waals surface area contributed by atoms with Crippen LogP contribution in [0.25, 0.3) is 10.8 Å². The normalized spacial score (nSPS) is 11.0. The molecule has 3 N–H and O–H groups in total. The maximum Gasteiger partial charge on any atom is 0.234 e. The molecule has 0 spiro atoms. The number of furan rings is 1. The van der Waals surface area contributed by atoms with Crippen LogP contribution in [0.15, 0.2) is 70.4 Å². The molecule has 0 saturated carbocycles. The van der Waals surface area contributed by atoms with E-state index in [1.165, 1.54) is 11.8 Å². The number of hydrogen-bond donors (Lipinski definition) is 2. The summed E-state index contributed by atoms with van der Waals surface area (Å²) < 4.78 is 7.28. The van der Waals surface area contributed by atoms with E-state index in [0.29, 0.717) is 23.9 Å². The zero-order valence-corrected chi connectivity index (χ0v) is 17.5. The molecule has 0 unspecified atom stereocenters. The summed E-state index contributed by atoms with van der Waals surface area (Å²) in [5.74, 6) is 0.952. The molecule has 8 nitrogen and oxygen atoms in total. The van der Waals surface area contributed by atoms with E-state index in [0.717, 1.165) is 22.2 Å². The first-order valence-corrected chi connectivity index (χ1v) is 10.7. The van der Waals surface area contributed by atoms with Crippen molar-refractivity contribution in [1.82, 2.24) is 14.8 Å². The fourth-order valence-electron chi connectivity index (χ4n) is 3.21. The van der Waals surface area contributed by atoms with Crippen molar-refractivity contribution in [2.75, 3.05) is 11.1 Å². The SMILES string of the molecule is NC(=O)CCc1nnc(SCC(=O)Nc2cccc3ccccc23)n1Cc1ccco1. The molecule has 2 heterocycles. The van der Waals surface area contributed by atoms with Gasteiger partial charge in [-0.2, -0.15) is 0 Å². The summed E-state index contributed by atoms with van der Waals surface area (Å²) in [5, 5.41) is 14.0. The van der Waals surface area contributed by atoms with Gasteiger partial charge in [-0.25, -0.2) is 0 Å². The maximum absolute atomic E-state index is 12.6. The molecule has 2 aromatic carbocycles. The van der Waals surface area contributed by atoms with Gasteiger partial charge in [0.2, 0.25) is 11.8 Å². The molecule has 0 aliphatic heterocycles. The Morgan fingerprint density at radius 2 is 1.90 bits per heavy atom. The number of hydrogen-bond acceptors (Lipinski definition) is 6. The predicted octanol–water partition coefficient (Wildman–Crippen LogP) is 3.22. The molecule has 158 valence electrons. The summed E-state index contributed by atoms with van der Waals surface area (Å²) in [4.78, 5) is 23.8. The third-order valence-electron chi connectivity index (χ3n) is 4.68. The topological polar surface area (TPSA) is 116 Å². The van der Waals surface area contributed by atoms with Crippen LogP contribution in [0.1, 0.15) is 18.0 Å². The van der Waals surface area contributed by atoms with E-state index in [1.807, 2.05) is 53.1 Å². The van der Waals surface area contributed by atoms with Gasteiger partial charge in [0, 0.05) is 23.9 Å². The Morgan fingerprint density at radius 3 is 2.71 bits per heavy atom. The zero-order valence-electron chi connectivity index (χ0n) is 16.7. The highest BCUT2D eigenvalue weighted by Crippen LogP contribution is 2.24. The number of nitrogens with one attached hydrogen (secondary N) is 1. The molecular formula is C22H21N5O3S. The number of primary amides is 1. The van der Waals surface area contributed by atoms with Crippen molar-refractivity contribution in [2.45, 2.75) is 24.5 Å². The lowest BCUT2D eigenvalue weighted by molar-refractivity contribution is -0.118. The first-order chi connectivity index (χ1) is 15.1. The predicted molar refractivity (Wildman–Crippen MR) is 119 cm³/mol. The molecule has 2 aromatic heterocycles. The second-order valence-electron chi connectivity index (χ2n) is 6.89. The van der Waals surface area contributed by atoms with Gasteiger partial charge in [0.25, 0.3) is 0 Å². The first-order valence-electron chi connectivity index (χ1n) is 9.73. The lowest BCUT2D eigenvalue weighted by atomic mass is 10.1. The lowest BCUT2D eigenvalue weighted by Gasteiger charge is -2.10. The Bertz CT molecular complexity index is 1200. The van der Waals surface area contributed by atoms with E-state index < -0.39 is 5.91 Å². The molecule has 0 saturated heterocycles. The third-order valence-corrected chi connectivity index (χ3v) is 5.65. The summed E-state index contributed by atoms with van der Waals surface area (Å²) >= 11 is 1.28. The van der Waals surface area contributed by atoms with Gasteiger partial charge < -0.3 is 15.5 Å². The fraction of sp³-hybridized carbons (Fsp3) is 0.182. The number of anilines is 1. The number of aryl methyl sites for hydroxylation is 1. The monoisotopic (exact) mass is 435 g/mol. The molecule has 0 aliphatic carbocycles. The van der Waals surface area contributed by atoms with E-state index in [9.17, 15) is 9.59 Å². The van der Waals surface area contributed by atoms with Crippen LogP contribution in [0.2, 0.25) is 0 Å². The molecule has 4 rings (SSSR count). The summed E-state index contributed by atoms with van der Waals surface area (Å²) in [6.07, 6.45) is 2.13. The van der Waals surface area contributed by atoms with Crippen LogP contribution in [0.5, 0.6) is 0 Å². The fourth-order valence-corrected chi connectivity index (χ4v) is 3.97. The average Bonchev–Trinajstić information content (AvgIpc) is 3.41. The zero-order chi connectivity index (χ0) is 21.6. The second kappa shape index (κ2) is 9.48. The molecule has 4 aromatic rings. The highest BCUT2D eigenvalue weighted by molar-refractivity contribution is 7.99. The summed E-state index contributed by atoms with van der Waals surface area (Å²) in [6, 6.07) is 17.3.